The predicted molar refractivity (Wildman–Crippen MR) is 478 cm³/mol. The molecule has 0 aliphatic carbocycles. The molecule has 0 spiro atoms. The summed E-state index contributed by atoms with van der Waals surface area (Å²) in [6, 6.07) is -5.56. The third-order valence-corrected chi connectivity index (χ3v) is 22.9. The molecule has 6 saturated heterocycles. The number of carbonyl (C=O) groups is 14. The number of Topliss-reactive ketones (excluding diaryl/α,β-unsaturated/α-hetero) is 2. The zero-order chi connectivity index (χ0) is 99.7. The lowest BCUT2D eigenvalue weighted by Gasteiger charge is -2.22. The van der Waals surface area contributed by atoms with Crippen LogP contribution in [0.5, 0.6) is 0 Å². The average molecular weight is 1950 g/mol. The van der Waals surface area contributed by atoms with Gasteiger partial charge in [0.15, 0.2) is 0 Å². The summed E-state index contributed by atoms with van der Waals surface area (Å²) in [5.74, 6) is -35.6. The number of unbranched alkanes of at least 4 members (excludes halogenated alkanes) is 35. The Bertz CT molecular complexity index is 3400. The number of amides is 6. The Labute approximate surface area is 784 Å². The van der Waals surface area contributed by atoms with Gasteiger partial charge in [-0.25, -0.2) is 37.5 Å². The largest absolute Gasteiger partial charge is 0.464 e. The fourth-order valence-electron chi connectivity index (χ4n) is 14.5. The minimum absolute atomic E-state index is 0. The molecule has 7 atom stereocenters. The second-order valence-electron chi connectivity index (χ2n) is 34.9. The summed E-state index contributed by atoms with van der Waals surface area (Å²) in [4.78, 5) is 159. The molecule has 6 amide bonds. The first kappa shape index (κ1) is 126. The minimum Gasteiger partial charge on any atom is -0.464 e. The lowest BCUT2D eigenvalue weighted by molar-refractivity contribution is -0.166. The molecule has 0 aromatic carbocycles. The number of esters is 6. The van der Waals surface area contributed by atoms with E-state index in [1.165, 1.54) is 38.5 Å². The van der Waals surface area contributed by atoms with E-state index < -0.39 is 193 Å². The highest BCUT2D eigenvalue weighted by Crippen LogP contribution is 2.32. The second kappa shape index (κ2) is 71.5. The van der Waals surface area contributed by atoms with Crippen LogP contribution in [0.25, 0.3) is 0 Å². The van der Waals surface area contributed by atoms with Gasteiger partial charge in [-0.15, -0.1) is 0 Å². The summed E-state index contributed by atoms with van der Waals surface area (Å²) in [7, 11) is 0. The SMILES string of the molecule is C.CCCCCCCCC(F)(F)C(=O)CC(=O)NC1CCOC1=O.CCCCCCCCC(F)(F)C(=O)NC1CCOC1=O.CCCCCCCCCC(=O)C(F)(F)C(=O)NC1CCOC1=O.CCCCCCCCCC(F)(F)CC(=O)NC1CCOC1=O.CCCCCCCCCCC(F)(F)C(=O)NC1CCOC1=O.CCCCCCCCC[C@@H](O)C(F)(F)C(=O)NC1CCOC1=O. The third-order valence-electron chi connectivity index (χ3n) is 22.9. The number of ketones is 2. The number of rotatable bonds is 64. The van der Waals surface area contributed by atoms with E-state index in [9.17, 15) is 125 Å². The van der Waals surface area contributed by atoms with Crippen molar-refractivity contribution in [3.63, 3.8) is 0 Å². The zero-order valence-corrected chi connectivity index (χ0v) is 79.3. The van der Waals surface area contributed by atoms with Crippen molar-refractivity contribution in [2.24, 2.45) is 0 Å². The Hall–Kier alpha value is -7.90. The number of cyclic esters (lactones) is 6. The molecular formula is C95H158F12N6O21. The summed E-state index contributed by atoms with van der Waals surface area (Å²) in [5, 5.41) is 22.2. The van der Waals surface area contributed by atoms with Gasteiger partial charge in [0.05, 0.1) is 52.5 Å². The molecule has 7 N–H and O–H groups in total. The molecule has 6 aliphatic rings. The van der Waals surface area contributed by atoms with Crippen molar-refractivity contribution in [3.8, 4) is 0 Å². The number of ether oxygens (including phenoxy) is 6. The van der Waals surface area contributed by atoms with Gasteiger partial charge < -0.3 is 65.4 Å². The van der Waals surface area contributed by atoms with Crippen LogP contribution >= 0.6 is 0 Å². The molecule has 778 valence electrons. The Kier molecular flexibility index (Phi) is 67.3. The number of halogens is 12. The fraction of sp³-hybridized carbons (Fsp3) is 0.853. The first-order chi connectivity index (χ1) is 63.0. The number of aliphatic hydroxyl groups excluding tert-OH is 1. The molecule has 39 heteroatoms. The highest BCUT2D eigenvalue weighted by Gasteiger charge is 2.50. The molecule has 6 rings (SSSR count). The second-order valence-corrected chi connectivity index (χ2v) is 34.9. The molecule has 0 aromatic rings. The molecule has 27 nitrogen and oxygen atoms in total. The monoisotopic (exact) mass is 1950 g/mol. The highest BCUT2D eigenvalue weighted by atomic mass is 19.3. The first-order valence-electron chi connectivity index (χ1n) is 48.9. The van der Waals surface area contributed by atoms with Crippen LogP contribution in [0.15, 0.2) is 0 Å². The van der Waals surface area contributed by atoms with Crippen LogP contribution in [0.3, 0.4) is 0 Å². The van der Waals surface area contributed by atoms with E-state index in [0.717, 1.165) is 161 Å². The number of hydrogen-bond acceptors (Lipinski definition) is 21. The standard InChI is InChI=1S/C16H25F2NO4.C16H27F2NO4.C16H25F2NO4.2C16H27F2NO3.C14H23F2NO3.CH4/c1-2-3-4-5-6-7-9-16(17,18)13(20)11-14(21)19-12-8-10-23-15(12)22;2*1-2-3-4-5-6-7-8-9-13(20)16(17,18)15(22)19-12-10-11-23-14(12)21;1-2-3-4-5-6-7-8-10-16(17,18)12-14(20)19-13-9-11-22-15(13)21;1-2-3-4-5-6-7-8-9-11-16(17,18)15(21)19-13-10-12-22-14(13)20;1-2-3-4-5-6-7-9-14(15,16)13(19)17-11-8-10-20-12(11)18;/h12H,2-11H2,1H3,(H,19,21);12-13,20H,2-11H2,1H3,(H,19,22);12H,2-11H2,1H3,(H,19,22);13H,2-12H2,1H3,(H,19,20);13H,2-12H2,1H3,(H,19,21);11H,2-10H2,1H3,(H,17,19);1H4/t;12?,13-;;;;;/m.1...../s1. The lowest BCUT2D eigenvalue weighted by atomic mass is 10.0. The molecule has 6 aliphatic heterocycles. The number of aliphatic hydroxyl groups is 1. The zero-order valence-electron chi connectivity index (χ0n) is 79.3. The fourth-order valence-corrected chi connectivity index (χ4v) is 14.5. The molecular weight excluding hydrogens is 1790 g/mol. The van der Waals surface area contributed by atoms with Gasteiger partial charge in [-0.1, -0.05) is 280 Å². The van der Waals surface area contributed by atoms with E-state index in [1.54, 1.807) is 0 Å². The summed E-state index contributed by atoms with van der Waals surface area (Å²) < 4.78 is 192. The summed E-state index contributed by atoms with van der Waals surface area (Å²) in [6.45, 7) is 13.6. The first-order valence-corrected chi connectivity index (χ1v) is 48.9. The van der Waals surface area contributed by atoms with Crippen LogP contribution in [-0.2, 0) is 95.5 Å². The smallest absolute Gasteiger partial charge is 0.381 e. The van der Waals surface area contributed by atoms with Gasteiger partial charge in [-0.05, 0) is 38.5 Å². The van der Waals surface area contributed by atoms with Crippen molar-refractivity contribution < 1.29 is 153 Å². The molecule has 0 aromatic heterocycles. The van der Waals surface area contributed by atoms with E-state index in [1.807, 2.05) is 10.6 Å². The van der Waals surface area contributed by atoms with Gasteiger partial charge in [0, 0.05) is 70.6 Å². The topological polar surface area (TPSA) is 387 Å². The quantitative estimate of drug-likeness (QED) is 0.00977. The van der Waals surface area contributed by atoms with Crippen LogP contribution in [-0.4, -0.2) is 205 Å². The summed E-state index contributed by atoms with van der Waals surface area (Å²) in [6.07, 6.45) is 33.3. The molecule has 0 radical (unpaired) electrons. The number of alkyl halides is 12. The van der Waals surface area contributed by atoms with E-state index in [4.69, 9.17) is 0 Å². The van der Waals surface area contributed by atoms with Crippen molar-refractivity contribution in [2.45, 2.75) is 480 Å². The molecule has 134 heavy (non-hydrogen) atoms. The van der Waals surface area contributed by atoms with Crippen molar-refractivity contribution in [3.05, 3.63) is 0 Å². The van der Waals surface area contributed by atoms with Crippen LogP contribution in [0.4, 0.5) is 52.7 Å². The van der Waals surface area contributed by atoms with Crippen molar-refractivity contribution in [1.82, 2.24) is 31.9 Å². The van der Waals surface area contributed by atoms with Crippen LogP contribution in [0.2, 0.25) is 0 Å². The van der Waals surface area contributed by atoms with Crippen molar-refractivity contribution in [2.75, 3.05) is 39.6 Å². The van der Waals surface area contributed by atoms with Gasteiger partial charge in [0.1, 0.15) is 42.4 Å². The Morgan fingerprint density at radius 2 is 0.537 bits per heavy atom. The molecule has 6 heterocycles. The van der Waals surface area contributed by atoms with Gasteiger partial charge >= 0.3 is 65.4 Å². The highest BCUT2D eigenvalue weighted by molar-refractivity contribution is 6.08. The predicted octanol–water partition coefficient (Wildman–Crippen LogP) is 18.7. The molecule has 6 fully saturated rings. The Balaban J connectivity index is 0.00000158. The molecule has 0 saturated carbocycles. The molecule has 6 unspecified atom stereocenters. The average Bonchev–Trinajstić information content (AvgIpc) is 1.41. The van der Waals surface area contributed by atoms with Crippen LogP contribution in [0.1, 0.15) is 402 Å². The van der Waals surface area contributed by atoms with Gasteiger partial charge in [0.25, 0.3) is 29.6 Å². The van der Waals surface area contributed by atoms with E-state index in [2.05, 4.69) is 91.2 Å². The number of hydrogen-bond donors (Lipinski definition) is 7. The van der Waals surface area contributed by atoms with Crippen molar-refractivity contribution in [1.29, 1.82) is 0 Å². The summed E-state index contributed by atoms with van der Waals surface area (Å²) in [5.41, 5.74) is 0. The lowest BCUT2D eigenvalue weighted by Crippen LogP contribution is -2.52. The molecule has 0 bridgehead atoms. The Morgan fingerprint density at radius 1 is 0.299 bits per heavy atom. The van der Waals surface area contributed by atoms with Gasteiger partial charge in [-0.3, -0.25) is 38.4 Å². The summed E-state index contributed by atoms with van der Waals surface area (Å²) >= 11 is 0. The maximum atomic E-state index is 13.9. The van der Waals surface area contributed by atoms with Crippen LogP contribution in [0, 0.1) is 0 Å². The van der Waals surface area contributed by atoms with Crippen LogP contribution < -0.4 is 31.9 Å². The minimum atomic E-state index is -4.09. The number of nitrogens with one attached hydrogen (secondary N) is 6. The maximum Gasteiger partial charge on any atom is 0.381 e. The number of carbonyl (C=O) groups excluding carboxylic acids is 14. The van der Waals surface area contributed by atoms with E-state index in [0.29, 0.717) is 70.6 Å². The Morgan fingerprint density at radius 3 is 0.828 bits per heavy atom. The van der Waals surface area contributed by atoms with Gasteiger partial charge in [0.2, 0.25) is 23.4 Å². The normalized spacial score (nSPS) is 18.3. The van der Waals surface area contributed by atoms with E-state index >= 15 is 0 Å². The third kappa shape index (κ3) is 55.5. The van der Waals surface area contributed by atoms with E-state index in [-0.39, 0.29) is 98.4 Å². The van der Waals surface area contributed by atoms with Gasteiger partial charge in [-0.2, -0.15) is 43.9 Å². The maximum absolute atomic E-state index is 13.9. The van der Waals surface area contributed by atoms with Crippen molar-refractivity contribution >= 4 is 82.8 Å².